The summed E-state index contributed by atoms with van der Waals surface area (Å²) >= 11 is 0. The van der Waals surface area contributed by atoms with Gasteiger partial charge < -0.3 is 0 Å². The van der Waals surface area contributed by atoms with Crippen LogP contribution in [0, 0.1) is 35.2 Å². The van der Waals surface area contributed by atoms with Gasteiger partial charge in [-0.05, 0) is 61.1 Å². The molecule has 0 aromatic heterocycles. The minimum atomic E-state index is -1.63. The molecule has 3 rings (SSSR count). The predicted molar refractivity (Wildman–Crippen MR) is 83.0 cm³/mol. The summed E-state index contributed by atoms with van der Waals surface area (Å²) in [7, 11) is 0. The van der Waals surface area contributed by atoms with Crippen LogP contribution in [0.25, 0.3) is 0 Å². The molecule has 2 fully saturated rings. The van der Waals surface area contributed by atoms with E-state index in [2.05, 4.69) is 0 Å². The number of rotatable bonds is 3. The summed E-state index contributed by atoms with van der Waals surface area (Å²) < 4.78 is 84.2. The van der Waals surface area contributed by atoms with Crippen LogP contribution in [0.5, 0.6) is 0 Å². The monoisotopic (exact) mass is 364 g/mol. The van der Waals surface area contributed by atoms with E-state index in [0.29, 0.717) is 12.8 Å². The highest BCUT2D eigenvalue weighted by Crippen LogP contribution is 2.51. The van der Waals surface area contributed by atoms with Gasteiger partial charge in [0.1, 0.15) is 18.5 Å². The van der Waals surface area contributed by atoms with E-state index in [9.17, 15) is 26.3 Å². The number of hydrogen-bond donors (Lipinski definition) is 0. The third-order valence-electron chi connectivity index (χ3n) is 5.96. The van der Waals surface area contributed by atoms with Crippen molar-refractivity contribution in [2.75, 3.05) is 0 Å². The molecular weight excluding hydrogens is 342 g/mol. The SMILES string of the molecule is CCCC1CC2C(F)CC(c3cc(F)c(F)c(F)c3)C(F)CC2C1F. The Kier molecular flexibility index (Phi) is 5.35. The minimum absolute atomic E-state index is 0.105. The Bertz CT molecular complexity index is 595. The zero-order valence-corrected chi connectivity index (χ0v) is 14.0. The fourth-order valence-corrected chi connectivity index (χ4v) is 4.73. The second-order valence-corrected chi connectivity index (χ2v) is 7.47. The molecule has 0 N–H and O–H groups in total. The number of alkyl halides is 3. The lowest BCUT2D eigenvalue weighted by Gasteiger charge is -2.22. The van der Waals surface area contributed by atoms with Crippen LogP contribution < -0.4 is 0 Å². The van der Waals surface area contributed by atoms with Gasteiger partial charge in [-0.3, -0.25) is 0 Å². The van der Waals surface area contributed by atoms with E-state index >= 15 is 0 Å². The van der Waals surface area contributed by atoms with Gasteiger partial charge in [-0.1, -0.05) is 13.3 Å². The van der Waals surface area contributed by atoms with Crippen LogP contribution in [0.4, 0.5) is 26.3 Å². The third kappa shape index (κ3) is 3.41. The van der Waals surface area contributed by atoms with Crippen molar-refractivity contribution in [3.63, 3.8) is 0 Å². The largest absolute Gasteiger partial charge is 0.247 e. The topological polar surface area (TPSA) is 0 Å². The minimum Gasteiger partial charge on any atom is -0.247 e. The lowest BCUT2D eigenvalue weighted by atomic mass is 9.87. The second-order valence-electron chi connectivity index (χ2n) is 7.47. The Hall–Kier alpha value is -1.20. The van der Waals surface area contributed by atoms with Gasteiger partial charge in [0.25, 0.3) is 0 Å². The van der Waals surface area contributed by atoms with Crippen molar-refractivity contribution in [3.05, 3.63) is 35.1 Å². The van der Waals surface area contributed by atoms with E-state index in [1.165, 1.54) is 0 Å². The first kappa shape index (κ1) is 18.6. The average molecular weight is 364 g/mol. The normalized spacial score (nSPS) is 38.4. The van der Waals surface area contributed by atoms with E-state index in [1.54, 1.807) is 0 Å². The standard InChI is InChI=1S/C19H22F6/c1-2-3-9-4-12-13(18(9)24)8-14(20)11(7-15(12)21)10-5-16(22)19(25)17(23)6-10/h5-6,9,11-15,18H,2-4,7-8H2,1H3. The molecule has 0 nitrogen and oxygen atoms in total. The first-order valence-electron chi connectivity index (χ1n) is 8.90. The van der Waals surface area contributed by atoms with Gasteiger partial charge in [0.15, 0.2) is 17.5 Å². The van der Waals surface area contributed by atoms with Crippen LogP contribution in [0.1, 0.15) is 50.5 Å². The Balaban J connectivity index is 1.85. The van der Waals surface area contributed by atoms with Crippen molar-refractivity contribution in [2.24, 2.45) is 17.8 Å². The predicted octanol–water partition coefficient (Wildman–Crippen LogP) is 6.05. The first-order chi connectivity index (χ1) is 11.8. The zero-order valence-electron chi connectivity index (χ0n) is 14.0. The lowest BCUT2D eigenvalue weighted by molar-refractivity contribution is 0.133. The fourth-order valence-electron chi connectivity index (χ4n) is 4.73. The fraction of sp³-hybridized carbons (Fsp3) is 0.684. The van der Waals surface area contributed by atoms with Crippen molar-refractivity contribution in [2.45, 2.75) is 63.5 Å². The van der Waals surface area contributed by atoms with Crippen LogP contribution in [0.15, 0.2) is 12.1 Å². The van der Waals surface area contributed by atoms with Crippen LogP contribution >= 0.6 is 0 Å². The molecule has 6 heteroatoms. The first-order valence-corrected chi connectivity index (χ1v) is 8.90. The maximum absolute atomic E-state index is 14.8. The van der Waals surface area contributed by atoms with Crippen molar-refractivity contribution < 1.29 is 26.3 Å². The lowest BCUT2D eigenvalue weighted by Crippen LogP contribution is -2.24. The van der Waals surface area contributed by atoms with E-state index < -0.39 is 53.7 Å². The summed E-state index contributed by atoms with van der Waals surface area (Å²) in [5, 5.41) is 0. The molecule has 7 atom stereocenters. The molecule has 1 aromatic rings. The van der Waals surface area contributed by atoms with Gasteiger partial charge in [-0.25, -0.2) is 26.3 Å². The second kappa shape index (κ2) is 7.20. The van der Waals surface area contributed by atoms with Crippen molar-refractivity contribution in [1.29, 1.82) is 0 Å². The van der Waals surface area contributed by atoms with Crippen LogP contribution in [-0.2, 0) is 0 Å². The summed E-state index contributed by atoms with van der Waals surface area (Å²) in [6.45, 7) is 1.93. The molecule has 0 aliphatic heterocycles. The highest BCUT2D eigenvalue weighted by Gasteiger charge is 2.51. The molecule has 2 aliphatic rings. The molecule has 2 aliphatic carbocycles. The average Bonchev–Trinajstić information content (AvgIpc) is 2.79. The summed E-state index contributed by atoms with van der Waals surface area (Å²) in [6.07, 6.45) is -2.92. The van der Waals surface area contributed by atoms with Gasteiger partial charge in [-0.15, -0.1) is 0 Å². The molecule has 140 valence electrons. The molecule has 0 heterocycles. The molecule has 0 bridgehead atoms. The molecule has 0 amide bonds. The van der Waals surface area contributed by atoms with Gasteiger partial charge >= 0.3 is 0 Å². The van der Waals surface area contributed by atoms with Crippen molar-refractivity contribution in [1.82, 2.24) is 0 Å². The Morgan fingerprint density at radius 3 is 2.12 bits per heavy atom. The van der Waals surface area contributed by atoms with E-state index in [4.69, 9.17) is 0 Å². The molecule has 2 saturated carbocycles. The van der Waals surface area contributed by atoms with Gasteiger partial charge in [0.05, 0.1) is 0 Å². The van der Waals surface area contributed by atoms with Crippen molar-refractivity contribution >= 4 is 0 Å². The molecule has 0 spiro atoms. The summed E-state index contributed by atoms with van der Waals surface area (Å²) in [6, 6.07) is 1.44. The molecule has 25 heavy (non-hydrogen) atoms. The number of fused-ring (bicyclic) bond motifs is 1. The maximum Gasteiger partial charge on any atom is 0.194 e. The Morgan fingerprint density at radius 1 is 0.880 bits per heavy atom. The summed E-state index contributed by atoms with van der Waals surface area (Å²) in [5.74, 6) is -7.09. The third-order valence-corrected chi connectivity index (χ3v) is 5.96. The van der Waals surface area contributed by atoms with Gasteiger partial charge in [-0.2, -0.15) is 0 Å². The van der Waals surface area contributed by atoms with E-state index in [-0.39, 0.29) is 24.3 Å². The number of hydrogen-bond acceptors (Lipinski definition) is 0. The smallest absolute Gasteiger partial charge is 0.194 e. The highest BCUT2D eigenvalue weighted by molar-refractivity contribution is 5.25. The van der Waals surface area contributed by atoms with Crippen LogP contribution in [-0.4, -0.2) is 18.5 Å². The summed E-state index contributed by atoms with van der Waals surface area (Å²) in [4.78, 5) is 0. The van der Waals surface area contributed by atoms with Crippen LogP contribution in [0.3, 0.4) is 0 Å². The highest BCUT2D eigenvalue weighted by atomic mass is 19.2. The molecule has 0 saturated heterocycles. The Morgan fingerprint density at radius 2 is 1.52 bits per heavy atom. The van der Waals surface area contributed by atoms with Gasteiger partial charge in [0.2, 0.25) is 0 Å². The van der Waals surface area contributed by atoms with Gasteiger partial charge in [0, 0.05) is 5.92 Å². The van der Waals surface area contributed by atoms with Crippen molar-refractivity contribution in [3.8, 4) is 0 Å². The van der Waals surface area contributed by atoms with E-state index in [0.717, 1.165) is 18.6 Å². The maximum atomic E-state index is 14.8. The zero-order chi connectivity index (χ0) is 18.3. The van der Waals surface area contributed by atoms with E-state index in [1.807, 2.05) is 6.92 Å². The molecule has 7 unspecified atom stereocenters. The summed E-state index contributed by atoms with van der Waals surface area (Å²) in [5.41, 5.74) is -0.105. The molecular formula is C19H22F6. The Labute approximate surface area is 143 Å². The molecule has 1 aromatic carbocycles. The quantitative estimate of drug-likeness (QED) is 0.453. The number of halogens is 6. The van der Waals surface area contributed by atoms with Crippen LogP contribution in [0.2, 0.25) is 0 Å². The molecule has 0 radical (unpaired) electrons. The number of benzene rings is 1.